The lowest BCUT2D eigenvalue weighted by Crippen LogP contribution is -2.51. The van der Waals surface area contributed by atoms with Gasteiger partial charge in [0.1, 0.15) is 0 Å². The number of carbonyl (C=O) groups is 2. The summed E-state index contributed by atoms with van der Waals surface area (Å²) in [5, 5.41) is 0. The highest BCUT2D eigenvalue weighted by molar-refractivity contribution is 6.01. The van der Waals surface area contributed by atoms with Crippen LogP contribution in [0.4, 0.5) is 0 Å². The van der Waals surface area contributed by atoms with E-state index in [4.69, 9.17) is 18.9 Å². The van der Waals surface area contributed by atoms with Crippen molar-refractivity contribution in [2.45, 2.75) is 39.0 Å². The number of carbonyl (C=O) groups excluding carboxylic acids is 2. The second kappa shape index (κ2) is 9.00. The van der Waals surface area contributed by atoms with Crippen molar-refractivity contribution in [2.24, 2.45) is 5.41 Å². The Morgan fingerprint density at radius 3 is 2.10 bits per heavy atom. The Kier molecular flexibility index (Phi) is 6.58. The second-order valence-electron chi connectivity index (χ2n) is 7.94. The molecule has 0 spiro atoms. The van der Waals surface area contributed by atoms with Crippen LogP contribution in [-0.2, 0) is 30.9 Å². The topological polar surface area (TPSA) is 71.1 Å². The maximum atomic E-state index is 13.2. The van der Waals surface area contributed by atoms with Crippen LogP contribution < -0.4 is 9.47 Å². The highest BCUT2D eigenvalue weighted by Crippen LogP contribution is 2.51. The molecule has 2 aromatic carbocycles. The van der Waals surface area contributed by atoms with E-state index >= 15 is 0 Å². The van der Waals surface area contributed by atoms with Gasteiger partial charge in [0, 0.05) is 5.41 Å². The van der Waals surface area contributed by atoms with Gasteiger partial charge in [0.2, 0.25) is 0 Å². The van der Waals surface area contributed by atoms with Crippen LogP contribution >= 0.6 is 0 Å². The van der Waals surface area contributed by atoms with Crippen molar-refractivity contribution in [1.29, 1.82) is 0 Å². The number of esters is 2. The van der Waals surface area contributed by atoms with E-state index in [2.05, 4.69) is 0 Å². The summed E-state index contributed by atoms with van der Waals surface area (Å²) in [4.78, 5) is 26.4. The maximum absolute atomic E-state index is 13.2. The molecule has 0 aliphatic heterocycles. The number of hydrogen-bond donors (Lipinski definition) is 0. The van der Waals surface area contributed by atoms with Crippen molar-refractivity contribution in [3.63, 3.8) is 0 Å². The van der Waals surface area contributed by atoms with Crippen LogP contribution in [0.5, 0.6) is 11.5 Å². The average molecular weight is 427 g/mol. The summed E-state index contributed by atoms with van der Waals surface area (Å²) >= 11 is 0. The summed E-state index contributed by atoms with van der Waals surface area (Å²) in [6, 6.07) is 13.6. The summed E-state index contributed by atoms with van der Waals surface area (Å²) in [5.74, 6) is 0.104. The second-order valence-corrected chi connectivity index (χ2v) is 7.94. The molecule has 2 aromatic rings. The van der Waals surface area contributed by atoms with Gasteiger partial charge in [-0.2, -0.15) is 0 Å². The molecule has 1 unspecified atom stereocenters. The van der Waals surface area contributed by atoms with Gasteiger partial charge in [-0.3, -0.25) is 9.59 Å². The first kappa shape index (κ1) is 22.7. The third-order valence-electron chi connectivity index (χ3n) is 6.11. The molecule has 0 fully saturated rings. The summed E-state index contributed by atoms with van der Waals surface area (Å²) < 4.78 is 21.7. The van der Waals surface area contributed by atoms with Crippen LogP contribution in [0.25, 0.3) is 0 Å². The largest absolute Gasteiger partial charge is 0.493 e. The molecule has 0 bridgehead atoms. The fourth-order valence-electron chi connectivity index (χ4n) is 4.65. The van der Waals surface area contributed by atoms with Crippen molar-refractivity contribution < 1.29 is 28.5 Å². The number of benzene rings is 2. The van der Waals surface area contributed by atoms with E-state index in [0.717, 1.165) is 16.7 Å². The SMILES string of the molecule is CCOC(=O)C1(C(=O)OCC)Cc2ccccc2C(C)(c2ccc(OC)c(OC)c2)C1. The van der Waals surface area contributed by atoms with E-state index in [1.54, 1.807) is 28.1 Å². The Labute approximate surface area is 183 Å². The molecule has 1 aliphatic rings. The van der Waals surface area contributed by atoms with Gasteiger partial charge < -0.3 is 18.9 Å². The Hall–Kier alpha value is -3.02. The van der Waals surface area contributed by atoms with E-state index in [9.17, 15) is 9.59 Å². The van der Waals surface area contributed by atoms with E-state index < -0.39 is 22.8 Å². The van der Waals surface area contributed by atoms with Crippen LogP contribution in [-0.4, -0.2) is 39.4 Å². The van der Waals surface area contributed by atoms with Gasteiger partial charge in [-0.25, -0.2) is 0 Å². The van der Waals surface area contributed by atoms with Gasteiger partial charge in [-0.15, -0.1) is 0 Å². The normalized spacial score (nSPS) is 19.1. The van der Waals surface area contributed by atoms with Gasteiger partial charge in [0.25, 0.3) is 0 Å². The monoisotopic (exact) mass is 426 g/mol. The third kappa shape index (κ3) is 3.87. The molecule has 0 radical (unpaired) electrons. The molecule has 0 saturated carbocycles. The van der Waals surface area contributed by atoms with Gasteiger partial charge in [0.05, 0.1) is 27.4 Å². The Balaban J connectivity index is 2.24. The molecule has 1 atom stereocenters. The van der Waals surface area contributed by atoms with Crippen molar-refractivity contribution >= 4 is 11.9 Å². The Bertz CT molecular complexity index is 948. The van der Waals surface area contributed by atoms with Gasteiger partial charge >= 0.3 is 11.9 Å². The van der Waals surface area contributed by atoms with E-state index in [1.165, 1.54) is 0 Å². The molecular weight excluding hydrogens is 396 g/mol. The first-order valence-electron chi connectivity index (χ1n) is 10.5. The molecule has 1 aliphatic carbocycles. The molecule has 0 heterocycles. The summed E-state index contributed by atoms with van der Waals surface area (Å²) in [7, 11) is 3.17. The Morgan fingerprint density at radius 1 is 0.903 bits per heavy atom. The average Bonchev–Trinajstić information content (AvgIpc) is 2.78. The molecule has 0 aromatic heterocycles. The van der Waals surface area contributed by atoms with Crippen LogP contribution in [0.3, 0.4) is 0 Å². The number of ether oxygens (including phenoxy) is 4. The zero-order valence-corrected chi connectivity index (χ0v) is 18.8. The molecular formula is C25H30O6. The predicted octanol–water partition coefficient (Wildman–Crippen LogP) is 4.07. The van der Waals surface area contributed by atoms with Crippen LogP contribution in [0.2, 0.25) is 0 Å². The molecule has 0 N–H and O–H groups in total. The maximum Gasteiger partial charge on any atom is 0.323 e. The van der Waals surface area contributed by atoms with Gasteiger partial charge in [-0.05, 0) is 55.5 Å². The summed E-state index contributed by atoms with van der Waals surface area (Å²) in [5.41, 5.74) is 0.810. The van der Waals surface area contributed by atoms with Crippen LogP contribution in [0.1, 0.15) is 43.9 Å². The number of fused-ring (bicyclic) bond motifs is 1. The van der Waals surface area contributed by atoms with Crippen LogP contribution in [0.15, 0.2) is 42.5 Å². The van der Waals surface area contributed by atoms with Crippen molar-refractivity contribution in [1.82, 2.24) is 0 Å². The zero-order chi connectivity index (χ0) is 22.6. The number of rotatable bonds is 7. The summed E-state index contributed by atoms with van der Waals surface area (Å²) in [6.07, 6.45) is 0.466. The minimum Gasteiger partial charge on any atom is -0.493 e. The fraction of sp³-hybridized carbons (Fsp3) is 0.440. The van der Waals surface area contributed by atoms with E-state index in [1.807, 2.05) is 49.4 Å². The highest BCUT2D eigenvalue weighted by atomic mass is 16.6. The Morgan fingerprint density at radius 2 is 1.52 bits per heavy atom. The fourth-order valence-corrected chi connectivity index (χ4v) is 4.65. The minimum atomic E-state index is -1.43. The molecule has 0 amide bonds. The minimum absolute atomic E-state index is 0.189. The van der Waals surface area contributed by atoms with E-state index in [0.29, 0.717) is 11.5 Å². The van der Waals surface area contributed by atoms with Gasteiger partial charge in [-0.1, -0.05) is 37.3 Å². The molecule has 6 nitrogen and oxygen atoms in total. The smallest absolute Gasteiger partial charge is 0.323 e. The third-order valence-corrected chi connectivity index (χ3v) is 6.11. The summed E-state index contributed by atoms with van der Waals surface area (Å²) in [6.45, 7) is 5.89. The lowest BCUT2D eigenvalue weighted by atomic mass is 9.58. The first-order chi connectivity index (χ1) is 14.9. The van der Waals surface area contributed by atoms with Crippen molar-refractivity contribution in [3.05, 3.63) is 59.2 Å². The van der Waals surface area contributed by atoms with E-state index in [-0.39, 0.29) is 26.1 Å². The molecule has 166 valence electrons. The first-order valence-corrected chi connectivity index (χ1v) is 10.5. The zero-order valence-electron chi connectivity index (χ0n) is 18.8. The van der Waals surface area contributed by atoms with Crippen molar-refractivity contribution in [3.8, 4) is 11.5 Å². The number of methoxy groups -OCH3 is 2. The molecule has 3 rings (SSSR count). The van der Waals surface area contributed by atoms with Crippen molar-refractivity contribution in [2.75, 3.05) is 27.4 Å². The lowest BCUT2D eigenvalue weighted by molar-refractivity contribution is -0.174. The predicted molar refractivity (Wildman–Crippen MR) is 116 cm³/mol. The lowest BCUT2D eigenvalue weighted by Gasteiger charge is -2.45. The molecule has 31 heavy (non-hydrogen) atoms. The van der Waals surface area contributed by atoms with Crippen LogP contribution in [0, 0.1) is 5.41 Å². The standard InChI is InChI=1S/C25H30O6/c1-6-30-22(26)25(23(27)31-7-2)15-17-10-8-9-11-19(17)24(3,16-25)18-12-13-20(28-4)21(14-18)29-5/h8-14H,6-7,15-16H2,1-5H3. The molecule has 0 saturated heterocycles. The quantitative estimate of drug-likeness (QED) is 0.491. The molecule has 6 heteroatoms. The van der Waals surface area contributed by atoms with Gasteiger partial charge in [0.15, 0.2) is 16.9 Å². The highest BCUT2D eigenvalue weighted by Gasteiger charge is 2.57. The number of hydrogen-bond acceptors (Lipinski definition) is 6.